The van der Waals surface area contributed by atoms with E-state index in [0.29, 0.717) is 12.8 Å². The van der Waals surface area contributed by atoms with Gasteiger partial charge in [0.25, 0.3) is 0 Å². The van der Waals surface area contributed by atoms with Crippen molar-refractivity contribution in [2.75, 3.05) is 12.8 Å². The Hall–Kier alpha value is -3.91. The van der Waals surface area contributed by atoms with Crippen LogP contribution in [0.15, 0.2) is 35.7 Å². The molecule has 13 nitrogen and oxygen atoms in total. The maximum atomic E-state index is 13.1. The third-order valence-corrected chi connectivity index (χ3v) is 6.31. The van der Waals surface area contributed by atoms with Gasteiger partial charge in [-0.05, 0) is 47.1 Å². The van der Waals surface area contributed by atoms with Gasteiger partial charge < -0.3 is 36.0 Å². The van der Waals surface area contributed by atoms with Crippen molar-refractivity contribution in [3.05, 3.63) is 46.9 Å². The lowest BCUT2D eigenvalue weighted by Gasteiger charge is -2.26. The molecule has 2 rings (SSSR count). The van der Waals surface area contributed by atoms with Crippen LogP contribution in [0.25, 0.3) is 0 Å². The smallest absolute Gasteiger partial charge is 0.305 e. The first kappa shape index (κ1) is 30.3. The maximum absolute atomic E-state index is 13.1. The average molecular weight is 551 g/mol. The van der Waals surface area contributed by atoms with E-state index in [1.165, 1.54) is 17.7 Å². The number of benzene rings is 1. The number of carbonyl (C=O) groups is 6. The Labute approximate surface area is 221 Å². The summed E-state index contributed by atoms with van der Waals surface area (Å²) in [6, 6.07) is 3.91. The maximum Gasteiger partial charge on any atom is 0.305 e. The van der Waals surface area contributed by atoms with Crippen LogP contribution in [0.1, 0.15) is 24.0 Å². The molecule has 1 aromatic rings. The van der Waals surface area contributed by atoms with E-state index in [9.17, 15) is 33.3 Å². The van der Waals surface area contributed by atoms with Crippen molar-refractivity contribution >= 4 is 47.2 Å². The van der Waals surface area contributed by atoms with Gasteiger partial charge in [-0.25, -0.2) is 0 Å². The van der Waals surface area contributed by atoms with Gasteiger partial charge in [-0.15, -0.1) is 0 Å². The van der Waals surface area contributed by atoms with Crippen molar-refractivity contribution in [1.82, 2.24) is 21.3 Å². The van der Waals surface area contributed by atoms with Crippen molar-refractivity contribution in [3.63, 3.8) is 0 Å². The molecule has 206 valence electrons. The van der Waals surface area contributed by atoms with Crippen LogP contribution in [-0.2, 0) is 52.8 Å². The molecule has 0 radical (unpaired) electrons. The zero-order valence-electron chi connectivity index (χ0n) is 20.5. The number of rotatable bonds is 15. The number of aliphatic carboxylic acids is 2. The van der Waals surface area contributed by atoms with Crippen LogP contribution < -0.4 is 21.3 Å². The predicted molar refractivity (Wildman–Crippen MR) is 135 cm³/mol. The summed E-state index contributed by atoms with van der Waals surface area (Å²) in [5.74, 6) is -5.26. The minimum Gasteiger partial charge on any atom is -0.612 e. The summed E-state index contributed by atoms with van der Waals surface area (Å²) in [4.78, 5) is 71.4. The molecular formula is C24H30N4O9S. The monoisotopic (exact) mass is 550 g/mol. The van der Waals surface area contributed by atoms with Crippen LogP contribution in [0.3, 0.4) is 0 Å². The van der Waals surface area contributed by atoms with E-state index in [1.807, 2.05) is 24.3 Å². The molecule has 14 heteroatoms. The second-order valence-corrected chi connectivity index (χ2v) is 9.94. The van der Waals surface area contributed by atoms with Crippen molar-refractivity contribution in [2.45, 2.75) is 43.8 Å². The summed E-state index contributed by atoms with van der Waals surface area (Å²) in [6.07, 6.45) is 2.54. The van der Waals surface area contributed by atoms with Gasteiger partial charge in [0, 0.05) is 0 Å². The number of carboxylic acids is 2. The molecule has 0 aliphatic heterocycles. The summed E-state index contributed by atoms with van der Waals surface area (Å²) < 4.78 is 11.3. The molecular weight excluding hydrogens is 520 g/mol. The predicted octanol–water partition coefficient (Wildman–Crippen LogP) is -1.56. The van der Waals surface area contributed by atoms with Crippen LogP contribution in [-0.4, -0.2) is 81.8 Å². The van der Waals surface area contributed by atoms with E-state index >= 15 is 0 Å². The first-order chi connectivity index (χ1) is 18.0. The molecule has 1 aromatic carbocycles. The highest BCUT2D eigenvalue weighted by Gasteiger charge is 2.36. The summed E-state index contributed by atoms with van der Waals surface area (Å²) in [5, 5.41) is 28.8. The third-order valence-electron chi connectivity index (χ3n) is 5.77. The number of nitrogens with one attached hydrogen (secondary N) is 4. The largest absolute Gasteiger partial charge is 0.612 e. The molecule has 4 amide bonds. The average Bonchev–Trinajstić information content (AvgIpc) is 3.27. The molecule has 3 unspecified atom stereocenters. The summed E-state index contributed by atoms with van der Waals surface area (Å²) in [7, 11) is 0. The Morgan fingerprint density at radius 3 is 2.16 bits per heavy atom. The van der Waals surface area contributed by atoms with Crippen molar-refractivity contribution in [3.8, 4) is 0 Å². The highest BCUT2D eigenvalue weighted by Crippen LogP contribution is 2.29. The molecule has 0 fully saturated rings. The molecule has 1 aliphatic carbocycles. The summed E-state index contributed by atoms with van der Waals surface area (Å²) >= 11 is -1.37. The Balaban J connectivity index is 2.13. The molecule has 0 aromatic heterocycles. The van der Waals surface area contributed by atoms with Crippen LogP contribution in [0.5, 0.6) is 0 Å². The number of carbonyl (C=O) groups excluding carboxylic acids is 4. The Bertz CT molecular complexity index is 1050. The van der Waals surface area contributed by atoms with Gasteiger partial charge >= 0.3 is 11.9 Å². The first-order valence-corrected chi connectivity index (χ1v) is 13.2. The number of fused-ring (bicyclic) bond motifs is 1. The Morgan fingerprint density at radius 2 is 1.63 bits per heavy atom. The quantitative estimate of drug-likeness (QED) is 0.110. The lowest BCUT2D eigenvalue weighted by molar-refractivity contribution is -0.141. The third kappa shape index (κ3) is 9.86. The van der Waals surface area contributed by atoms with Gasteiger partial charge in [-0.1, -0.05) is 24.3 Å². The van der Waals surface area contributed by atoms with E-state index in [0.717, 1.165) is 11.1 Å². The summed E-state index contributed by atoms with van der Waals surface area (Å²) in [6.45, 7) is -0.546. The van der Waals surface area contributed by atoms with Crippen LogP contribution >= 0.6 is 0 Å². The fourth-order valence-corrected chi connectivity index (χ4v) is 4.47. The minimum atomic E-state index is -1.42. The number of hydrogen-bond acceptors (Lipinski definition) is 7. The Morgan fingerprint density at radius 1 is 1.03 bits per heavy atom. The van der Waals surface area contributed by atoms with Gasteiger partial charge in [0.05, 0.1) is 31.7 Å². The number of amides is 4. The fourth-order valence-electron chi connectivity index (χ4n) is 4.06. The fraction of sp³-hybridized carbons (Fsp3) is 0.417. The van der Waals surface area contributed by atoms with Crippen LogP contribution in [0, 0.1) is 5.92 Å². The highest BCUT2D eigenvalue weighted by molar-refractivity contribution is 7.93. The molecule has 6 N–H and O–H groups in total. The number of hydrogen-bond donors (Lipinski definition) is 6. The lowest BCUT2D eigenvalue weighted by Crippen LogP contribution is -2.57. The van der Waals surface area contributed by atoms with Crippen molar-refractivity contribution < 1.29 is 43.5 Å². The summed E-state index contributed by atoms with van der Waals surface area (Å²) in [5.41, 5.74) is 1.96. The molecule has 4 atom stereocenters. The van der Waals surface area contributed by atoms with E-state index in [2.05, 4.69) is 21.3 Å². The normalized spacial score (nSPS) is 15.9. The molecule has 1 aliphatic rings. The molecule has 0 spiro atoms. The molecule has 0 bridgehead atoms. The molecule has 38 heavy (non-hydrogen) atoms. The topological polar surface area (TPSA) is 214 Å². The van der Waals surface area contributed by atoms with E-state index in [4.69, 9.17) is 10.2 Å². The molecule has 0 heterocycles. The zero-order chi connectivity index (χ0) is 28.2. The zero-order valence-corrected chi connectivity index (χ0v) is 21.4. The van der Waals surface area contributed by atoms with Crippen LogP contribution in [0.2, 0.25) is 0 Å². The minimum absolute atomic E-state index is 0.189. The van der Waals surface area contributed by atoms with Crippen molar-refractivity contribution in [1.29, 1.82) is 0 Å². The Kier molecular flexibility index (Phi) is 11.8. The van der Waals surface area contributed by atoms with Gasteiger partial charge in [-0.2, -0.15) is 0 Å². The highest BCUT2D eigenvalue weighted by atomic mass is 32.2. The standard InChI is InChI=1S/C24H30N4O9S/c1-38(37)7-6-17(10-20(31)32)27-19(30)12-25-24(36)22(16-8-14-4-2-3-5-15(14)9-16)28-23(35)18(26-13-29)11-21(33)34/h2-7,13,16-18,22H,8-12H2,1H3,(H,25,36)(H,26,29)(H,27,30)(H,28,35)(H,31,32)(H,33,34)/b7-6+/t17?,18-,22?,38?/m0/s1. The van der Waals surface area contributed by atoms with E-state index < -0.39 is 84.3 Å². The lowest BCUT2D eigenvalue weighted by atomic mass is 9.95. The van der Waals surface area contributed by atoms with Crippen molar-refractivity contribution in [2.24, 2.45) is 5.92 Å². The van der Waals surface area contributed by atoms with Gasteiger partial charge in [-0.3, -0.25) is 28.8 Å². The SMILES string of the molecule is C[S+]([O-])/C=C/C(CC(=O)O)NC(=O)CNC(=O)C(NC(=O)[C@H](CC(=O)O)NC=O)C1Cc2ccccc2C1. The van der Waals surface area contributed by atoms with E-state index in [-0.39, 0.29) is 6.41 Å². The second kappa shape index (κ2) is 14.7. The molecule has 0 saturated carbocycles. The first-order valence-electron chi connectivity index (χ1n) is 11.6. The van der Waals surface area contributed by atoms with Gasteiger partial charge in [0.2, 0.25) is 24.1 Å². The number of carboxylic acid groups (broad SMARTS) is 2. The van der Waals surface area contributed by atoms with Crippen LogP contribution in [0.4, 0.5) is 0 Å². The van der Waals surface area contributed by atoms with Gasteiger partial charge in [0.15, 0.2) is 0 Å². The van der Waals surface area contributed by atoms with E-state index in [1.54, 1.807) is 0 Å². The van der Waals surface area contributed by atoms with Gasteiger partial charge in [0.1, 0.15) is 17.5 Å². The second-order valence-electron chi connectivity index (χ2n) is 8.68. The molecule has 0 saturated heterocycles.